The molecule has 1 heterocycles. The lowest BCUT2D eigenvalue weighted by atomic mass is 10.3. The maximum absolute atomic E-state index is 11.3. The molecule has 0 radical (unpaired) electrons. The molecule has 0 amide bonds. The number of nitrogens with zero attached hydrogens (tertiary/aromatic N) is 2. The van der Waals surface area contributed by atoms with Crippen LogP contribution in [0, 0.1) is 0 Å². The second-order valence-corrected chi connectivity index (χ2v) is 6.58. The Morgan fingerprint density at radius 2 is 1.67 bits per heavy atom. The largest absolute Gasteiger partial charge is 0.324 e. The molecule has 0 spiro atoms. The van der Waals surface area contributed by atoms with Crippen molar-refractivity contribution in [3.05, 3.63) is 41.1 Å². The van der Waals surface area contributed by atoms with Crippen LogP contribution >= 0.6 is 15.9 Å². The van der Waals surface area contributed by atoms with Crippen LogP contribution in [0.2, 0.25) is 0 Å². The van der Waals surface area contributed by atoms with E-state index in [1.54, 1.807) is 24.5 Å². The van der Waals surface area contributed by atoms with Gasteiger partial charge in [0.1, 0.15) is 0 Å². The number of aromatic nitrogens is 2. The Balaban J connectivity index is 2.18. The molecule has 18 heavy (non-hydrogen) atoms. The summed E-state index contributed by atoms with van der Waals surface area (Å²) in [5.41, 5.74) is 0.727. The van der Waals surface area contributed by atoms with E-state index < -0.39 is 9.84 Å². The fourth-order valence-corrected chi connectivity index (χ4v) is 2.13. The normalized spacial score (nSPS) is 11.2. The first kappa shape index (κ1) is 13.0. The third-order valence-corrected chi connectivity index (χ3v) is 3.70. The first-order valence-corrected chi connectivity index (χ1v) is 7.68. The van der Waals surface area contributed by atoms with E-state index in [0.29, 0.717) is 5.95 Å². The fourth-order valence-electron chi connectivity index (χ4n) is 1.29. The molecule has 0 unspecified atom stereocenters. The molecule has 1 aromatic heterocycles. The van der Waals surface area contributed by atoms with Crippen LogP contribution in [-0.4, -0.2) is 24.6 Å². The number of benzene rings is 1. The predicted molar refractivity (Wildman–Crippen MR) is 72.6 cm³/mol. The quantitative estimate of drug-likeness (QED) is 0.937. The number of rotatable bonds is 3. The van der Waals surface area contributed by atoms with Crippen LogP contribution in [0.25, 0.3) is 0 Å². The van der Waals surface area contributed by atoms with E-state index in [9.17, 15) is 8.42 Å². The van der Waals surface area contributed by atoms with Crippen LogP contribution < -0.4 is 5.32 Å². The van der Waals surface area contributed by atoms with E-state index in [2.05, 4.69) is 31.2 Å². The summed E-state index contributed by atoms with van der Waals surface area (Å²) >= 11 is 3.24. The molecule has 0 fully saturated rings. The SMILES string of the molecule is CS(=O)(=O)c1ccc(Nc2ncc(Br)cn2)cc1. The van der Waals surface area contributed by atoms with Gasteiger partial charge in [0.25, 0.3) is 0 Å². The van der Waals surface area contributed by atoms with E-state index >= 15 is 0 Å². The summed E-state index contributed by atoms with van der Waals surface area (Å²) in [5, 5.41) is 2.97. The lowest BCUT2D eigenvalue weighted by Gasteiger charge is -2.05. The summed E-state index contributed by atoms with van der Waals surface area (Å²) < 4.78 is 23.4. The molecule has 2 aromatic rings. The van der Waals surface area contributed by atoms with Crippen molar-refractivity contribution in [2.24, 2.45) is 0 Å². The predicted octanol–water partition coefficient (Wildman–Crippen LogP) is 2.39. The van der Waals surface area contributed by atoms with Gasteiger partial charge in [-0.1, -0.05) is 0 Å². The summed E-state index contributed by atoms with van der Waals surface area (Å²) in [6, 6.07) is 6.41. The van der Waals surface area contributed by atoms with Crippen LogP contribution in [0.5, 0.6) is 0 Å². The minimum Gasteiger partial charge on any atom is -0.324 e. The van der Waals surface area contributed by atoms with Crippen molar-refractivity contribution in [2.45, 2.75) is 4.90 Å². The van der Waals surface area contributed by atoms with Gasteiger partial charge < -0.3 is 5.32 Å². The number of anilines is 2. The van der Waals surface area contributed by atoms with Crippen molar-refractivity contribution >= 4 is 37.4 Å². The highest BCUT2D eigenvalue weighted by Gasteiger charge is 2.06. The second kappa shape index (κ2) is 5.03. The van der Waals surface area contributed by atoms with Crippen molar-refractivity contribution in [2.75, 3.05) is 11.6 Å². The molecule has 0 aliphatic carbocycles. The summed E-state index contributed by atoms with van der Waals surface area (Å²) in [4.78, 5) is 8.40. The van der Waals surface area contributed by atoms with Crippen molar-refractivity contribution in [1.82, 2.24) is 9.97 Å². The molecular formula is C11H10BrN3O2S. The topological polar surface area (TPSA) is 72.0 Å². The minimum absolute atomic E-state index is 0.282. The average Bonchev–Trinajstić information content (AvgIpc) is 2.32. The number of nitrogens with one attached hydrogen (secondary N) is 1. The highest BCUT2D eigenvalue weighted by Crippen LogP contribution is 2.17. The Hall–Kier alpha value is -1.47. The molecule has 1 N–H and O–H groups in total. The molecule has 0 atom stereocenters. The molecule has 0 saturated carbocycles. The van der Waals surface area contributed by atoms with E-state index in [1.165, 1.54) is 18.4 Å². The average molecular weight is 328 g/mol. The van der Waals surface area contributed by atoms with Crippen LogP contribution in [0.4, 0.5) is 11.6 Å². The first-order valence-electron chi connectivity index (χ1n) is 5.00. The molecule has 94 valence electrons. The Morgan fingerprint density at radius 1 is 1.11 bits per heavy atom. The third kappa shape index (κ3) is 3.27. The molecule has 0 saturated heterocycles. The maximum Gasteiger partial charge on any atom is 0.227 e. The van der Waals surface area contributed by atoms with Gasteiger partial charge in [-0.25, -0.2) is 18.4 Å². The number of halogens is 1. The summed E-state index contributed by atoms with van der Waals surface area (Å²) in [6.45, 7) is 0. The van der Waals surface area contributed by atoms with Crippen molar-refractivity contribution in [3.63, 3.8) is 0 Å². The molecule has 0 aliphatic rings. The zero-order valence-electron chi connectivity index (χ0n) is 9.46. The summed E-state index contributed by atoms with van der Waals surface area (Å²) in [6.07, 6.45) is 4.42. The van der Waals surface area contributed by atoms with Crippen molar-refractivity contribution < 1.29 is 8.42 Å². The van der Waals surface area contributed by atoms with Gasteiger partial charge in [0.05, 0.1) is 9.37 Å². The summed E-state index contributed by atoms with van der Waals surface area (Å²) in [5.74, 6) is 0.449. The first-order chi connectivity index (χ1) is 8.45. The Kier molecular flexibility index (Phi) is 3.63. The number of hydrogen-bond donors (Lipinski definition) is 1. The van der Waals surface area contributed by atoms with E-state index in [0.717, 1.165) is 10.2 Å². The van der Waals surface area contributed by atoms with E-state index in [1.807, 2.05) is 0 Å². The second-order valence-electron chi connectivity index (χ2n) is 3.65. The molecule has 1 aromatic carbocycles. The highest BCUT2D eigenvalue weighted by atomic mass is 79.9. The zero-order valence-corrected chi connectivity index (χ0v) is 11.9. The van der Waals surface area contributed by atoms with Crippen molar-refractivity contribution in [3.8, 4) is 0 Å². The van der Waals surface area contributed by atoms with Gasteiger partial charge in [-0.15, -0.1) is 0 Å². The number of sulfone groups is 1. The molecule has 7 heteroatoms. The Labute approximate surface area is 113 Å². The Bertz CT molecular complexity index is 639. The van der Waals surface area contributed by atoms with Gasteiger partial charge in [0.2, 0.25) is 5.95 Å². The lowest BCUT2D eigenvalue weighted by Crippen LogP contribution is -1.99. The monoisotopic (exact) mass is 327 g/mol. The van der Waals surface area contributed by atoms with Crippen LogP contribution in [0.3, 0.4) is 0 Å². The third-order valence-electron chi connectivity index (χ3n) is 2.16. The molecule has 2 rings (SSSR count). The van der Waals surface area contributed by atoms with Gasteiger partial charge in [0.15, 0.2) is 9.84 Å². The summed E-state index contributed by atoms with van der Waals surface area (Å²) in [7, 11) is -3.16. The Morgan fingerprint density at radius 3 is 2.17 bits per heavy atom. The highest BCUT2D eigenvalue weighted by molar-refractivity contribution is 9.10. The standard InChI is InChI=1S/C11H10BrN3O2S/c1-18(16,17)10-4-2-9(3-5-10)15-11-13-6-8(12)7-14-11/h2-7H,1H3,(H,13,14,15). The minimum atomic E-state index is -3.16. The van der Waals surface area contributed by atoms with Crippen molar-refractivity contribution in [1.29, 1.82) is 0 Å². The smallest absolute Gasteiger partial charge is 0.227 e. The van der Waals surface area contributed by atoms with E-state index in [-0.39, 0.29) is 4.90 Å². The molecule has 0 bridgehead atoms. The van der Waals surface area contributed by atoms with Gasteiger partial charge >= 0.3 is 0 Å². The molecule has 0 aliphatic heterocycles. The lowest BCUT2D eigenvalue weighted by molar-refractivity contribution is 0.602. The number of hydrogen-bond acceptors (Lipinski definition) is 5. The molecule has 5 nitrogen and oxygen atoms in total. The van der Waals surface area contributed by atoms with Crippen LogP contribution in [-0.2, 0) is 9.84 Å². The van der Waals surface area contributed by atoms with E-state index in [4.69, 9.17) is 0 Å². The zero-order chi connectivity index (χ0) is 13.2. The maximum atomic E-state index is 11.3. The van der Waals surface area contributed by atoms with Crippen LogP contribution in [0.1, 0.15) is 0 Å². The molecular weight excluding hydrogens is 318 g/mol. The van der Waals surface area contributed by atoms with Crippen LogP contribution in [0.15, 0.2) is 46.0 Å². The van der Waals surface area contributed by atoms with Gasteiger partial charge in [0, 0.05) is 24.3 Å². The van der Waals surface area contributed by atoms with Gasteiger partial charge in [-0.05, 0) is 40.2 Å². The van der Waals surface area contributed by atoms with Gasteiger partial charge in [-0.3, -0.25) is 0 Å². The fraction of sp³-hybridized carbons (Fsp3) is 0.0909. The van der Waals surface area contributed by atoms with Gasteiger partial charge in [-0.2, -0.15) is 0 Å².